The van der Waals surface area contributed by atoms with Crippen LogP contribution in [0.3, 0.4) is 0 Å². The van der Waals surface area contributed by atoms with Gasteiger partial charge in [-0.15, -0.1) is 0 Å². The maximum atomic E-state index is 14.0. The van der Waals surface area contributed by atoms with Crippen LogP contribution in [0.15, 0.2) is 59.1 Å². The molecule has 0 bridgehead atoms. The lowest BCUT2D eigenvalue weighted by molar-refractivity contribution is -0.149. The van der Waals surface area contributed by atoms with Crippen LogP contribution < -0.4 is 0 Å². The molecule has 0 amide bonds. The van der Waals surface area contributed by atoms with Crippen LogP contribution in [0, 0.1) is 29.6 Å². The number of fused-ring (bicyclic) bond motifs is 3. The first-order valence-corrected chi connectivity index (χ1v) is 14.8. The monoisotopic (exact) mass is 586 g/mol. The van der Waals surface area contributed by atoms with Crippen LogP contribution in [-0.2, 0) is 27.2 Å². The normalized spacial score (nSPS) is 25.2. The highest BCUT2D eigenvalue weighted by atomic mass is 16.3. The molecule has 43 heavy (non-hydrogen) atoms. The second kappa shape index (κ2) is 10.9. The number of hydrogen-bond donors (Lipinski definition) is 4. The van der Waals surface area contributed by atoms with E-state index in [1.807, 2.05) is 38.1 Å². The Morgan fingerprint density at radius 2 is 1.63 bits per heavy atom. The molecular weight excluding hydrogens is 548 g/mol. The summed E-state index contributed by atoms with van der Waals surface area (Å²) in [4.78, 5) is 52.2. The van der Waals surface area contributed by atoms with Crippen LogP contribution in [0.4, 0.5) is 0 Å². The van der Waals surface area contributed by atoms with Crippen molar-refractivity contribution in [1.82, 2.24) is 0 Å². The van der Waals surface area contributed by atoms with Crippen LogP contribution in [-0.4, -0.2) is 49.2 Å². The Labute approximate surface area is 250 Å². The third-order valence-corrected chi connectivity index (χ3v) is 9.26. The van der Waals surface area contributed by atoms with Crippen molar-refractivity contribution in [3.05, 3.63) is 75.8 Å². The first kappa shape index (κ1) is 30.4. The van der Waals surface area contributed by atoms with E-state index in [4.69, 9.17) is 0 Å². The zero-order chi connectivity index (χ0) is 31.5. The molecule has 0 saturated heterocycles. The molecule has 8 heteroatoms. The number of ketones is 4. The van der Waals surface area contributed by atoms with Gasteiger partial charge < -0.3 is 20.4 Å². The Bertz CT molecular complexity index is 1610. The van der Waals surface area contributed by atoms with E-state index in [0.29, 0.717) is 24.0 Å². The number of aromatic hydroxyl groups is 1. The van der Waals surface area contributed by atoms with Crippen LogP contribution in [0.2, 0.25) is 0 Å². The molecule has 4 unspecified atom stereocenters. The van der Waals surface area contributed by atoms with Crippen molar-refractivity contribution in [2.45, 2.75) is 65.9 Å². The van der Waals surface area contributed by atoms with Crippen LogP contribution in [0.5, 0.6) is 5.75 Å². The van der Waals surface area contributed by atoms with Gasteiger partial charge in [-0.3, -0.25) is 19.2 Å². The lowest BCUT2D eigenvalue weighted by Gasteiger charge is -2.50. The fraction of sp³-hybridized carbons (Fsp3) is 0.429. The van der Waals surface area contributed by atoms with Crippen molar-refractivity contribution in [2.24, 2.45) is 29.6 Å². The summed E-state index contributed by atoms with van der Waals surface area (Å²) < 4.78 is 0. The summed E-state index contributed by atoms with van der Waals surface area (Å²) in [7, 11) is 0. The van der Waals surface area contributed by atoms with Crippen LogP contribution in [0.1, 0.15) is 68.9 Å². The number of carbonyl (C=O) groups is 4. The van der Waals surface area contributed by atoms with E-state index in [-0.39, 0.29) is 47.3 Å². The van der Waals surface area contributed by atoms with Gasteiger partial charge in [0.1, 0.15) is 28.6 Å². The summed E-state index contributed by atoms with van der Waals surface area (Å²) in [6, 6.07) is 10.6. The Morgan fingerprint density at radius 3 is 2.21 bits per heavy atom. The smallest absolute Gasteiger partial charge is 0.209 e. The van der Waals surface area contributed by atoms with E-state index >= 15 is 0 Å². The molecule has 3 aliphatic carbocycles. The lowest BCUT2D eigenvalue weighted by Crippen LogP contribution is -2.60. The number of phenolic OH excluding ortho intramolecular Hbond substituents is 1. The highest BCUT2D eigenvalue weighted by Gasteiger charge is 2.62. The third kappa shape index (κ3) is 4.82. The molecule has 8 nitrogen and oxygen atoms in total. The summed E-state index contributed by atoms with van der Waals surface area (Å²) in [5, 5.41) is 45.2. The number of rotatable bonds is 7. The predicted octanol–water partition coefficient (Wildman–Crippen LogP) is 5.39. The quantitative estimate of drug-likeness (QED) is 0.316. The Balaban J connectivity index is 1.59. The van der Waals surface area contributed by atoms with E-state index in [9.17, 15) is 39.6 Å². The van der Waals surface area contributed by atoms with E-state index < -0.39 is 57.8 Å². The van der Waals surface area contributed by atoms with Gasteiger partial charge in [0.2, 0.25) is 5.78 Å². The van der Waals surface area contributed by atoms with Gasteiger partial charge in [0.15, 0.2) is 17.2 Å². The molecule has 0 aliphatic heterocycles. The predicted molar refractivity (Wildman–Crippen MR) is 160 cm³/mol. The van der Waals surface area contributed by atoms with Crippen LogP contribution >= 0.6 is 0 Å². The molecule has 4 atom stereocenters. The van der Waals surface area contributed by atoms with Crippen molar-refractivity contribution >= 4 is 23.1 Å². The summed E-state index contributed by atoms with van der Waals surface area (Å²) in [6.45, 7) is 8.70. The Morgan fingerprint density at radius 1 is 0.977 bits per heavy atom. The molecule has 0 aromatic heterocycles. The number of aliphatic hydroxyl groups is 3. The molecule has 0 heterocycles. The van der Waals surface area contributed by atoms with Gasteiger partial charge in [0, 0.05) is 30.3 Å². The number of phenols is 1. The number of hydrogen-bond acceptors (Lipinski definition) is 8. The molecule has 3 aliphatic rings. The summed E-state index contributed by atoms with van der Waals surface area (Å²) in [5.41, 5.74) is -0.342. The molecule has 4 N–H and O–H groups in total. The largest absolute Gasteiger partial charge is 0.511 e. The number of allylic oxidation sites excluding steroid dienone is 2. The molecule has 2 aromatic carbocycles. The average molecular weight is 587 g/mol. The van der Waals surface area contributed by atoms with E-state index in [1.54, 1.807) is 19.9 Å². The highest BCUT2D eigenvalue weighted by molar-refractivity contribution is 6.25. The van der Waals surface area contributed by atoms with Gasteiger partial charge in [-0.05, 0) is 65.8 Å². The first-order valence-electron chi connectivity index (χ1n) is 14.8. The second-order valence-electron chi connectivity index (χ2n) is 13.0. The van der Waals surface area contributed by atoms with Crippen molar-refractivity contribution < 1.29 is 39.6 Å². The minimum Gasteiger partial charge on any atom is -0.511 e. The highest BCUT2D eigenvalue weighted by Crippen LogP contribution is 2.55. The van der Waals surface area contributed by atoms with Crippen molar-refractivity contribution in [2.75, 3.05) is 0 Å². The van der Waals surface area contributed by atoms with Gasteiger partial charge in [0.05, 0.1) is 5.56 Å². The first-order chi connectivity index (χ1) is 20.2. The molecule has 226 valence electrons. The van der Waals surface area contributed by atoms with Gasteiger partial charge in [-0.2, -0.15) is 0 Å². The van der Waals surface area contributed by atoms with E-state index in [2.05, 4.69) is 0 Å². The summed E-state index contributed by atoms with van der Waals surface area (Å²) in [6.07, 6.45) is 1.15. The Hall–Kier alpha value is -4.04. The zero-order valence-electron chi connectivity index (χ0n) is 25.1. The molecule has 0 saturated carbocycles. The minimum absolute atomic E-state index is 0.0117. The molecule has 0 fully saturated rings. The minimum atomic E-state index is -2.56. The van der Waals surface area contributed by atoms with Crippen molar-refractivity contribution in [3.63, 3.8) is 0 Å². The standard InChI is InChI=1S/C35H38O8/c1-16(2)12-22(37)13-19-6-8-20(9-7-19)23-10-11-26(38)30-24(23)14-21-15-25-27(17(3)4)31(39)28(18(5)36)33(41)35(25,43)34(42)29(21)32(30)40/h6-11,16-17,21,25,27,38-39,42-43H,12-15H2,1-5H3. The Kier molecular flexibility index (Phi) is 7.71. The van der Waals surface area contributed by atoms with Gasteiger partial charge >= 0.3 is 0 Å². The maximum Gasteiger partial charge on any atom is 0.209 e. The molecule has 5 rings (SSSR count). The van der Waals surface area contributed by atoms with Gasteiger partial charge in [-0.25, -0.2) is 0 Å². The second-order valence-corrected chi connectivity index (χ2v) is 13.0. The molecule has 0 radical (unpaired) electrons. The summed E-state index contributed by atoms with van der Waals surface area (Å²) in [5.74, 6) is -6.31. The van der Waals surface area contributed by atoms with Gasteiger partial charge in [0.25, 0.3) is 0 Å². The molecular formula is C35H38O8. The molecule has 0 spiro atoms. The number of aliphatic hydroxyl groups excluding tert-OH is 2. The van der Waals surface area contributed by atoms with Gasteiger partial charge in [-0.1, -0.05) is 58.0 Å². The average Bonchev–Trinajstić information content (AvgIpc) is 2.90. The third-order valence-electron chi connectivity index (χ3n) is 9.26. The molecule has 2 aromatic rings. The maximum absolute atomic E-state index is 14.0. The van der Waals surface area contributed by atoms with Crippen molar-refractivity contribution in [3.8, 4) is 16.9 Å². The topological polar surface area (TPSA) is 149 Å². The van der Waals surface area contributed by atoms with E-state index in [0.717, 1.165) is 18.1 Å². The SMILES string of the molecule is CC(=O)C1=C(O)C(C(C)C)C2CC3Cc4c(-c5ccc(CC(=O)CC(C)C)cc5)ccc(O)c4C(=O)C3=C(O)C2(O)C1=O. The van der Waals surface area contributed by atoms with E-state index in [1.165, 1.54) is 6.07 Å². The van der Waals surface area contributed by atoms with Crippen LogP contribution in [0.25, 0.3) is 11.1 Å². The number of Topliss-reactive ketones (excluding diaryl/α,β-unsaturated/α-hetero) is 4. The fourth-order valence-electron chi connectivity index (χ4n) is 7.42. The van der Waals surface area contributed by atoms with Crippen molar-refractivity contribution in [1.29, 1.82) is 0 Å². The number of benzene rings is 2. The number of carbonyl (C=O) groups excluding carboxylic acids is 4. The fourth-order valence-corrected chi connectivity index (χ4v) is 7.42. The summed E-state index contributed by atoms with van der Waals surface area (Å²) >= 11 is 0. The lowest BCUT2D eigenvalue weighted by atomic mass is 9.55. The zero-order valence-corrected chi connectivity index (χ0v) is 25.1.